The third kappa shape index (κ3) is 2.20. The van der Waals surface area contributed by atoms with Crippen molar-refractivity contribution < 1.29 is 9.53 Å². The molecule has 16 heavy (non-hydrogen) atoms. The van der Waals surface area contributed by atoms with Gasteiger partial charge in [0.15, 0.2) is 0 Å². The molecule has 1 aliphatic heterocycles. The summed E-state index contributed by atoms with van der Waals surface area (Å²) in [5.41, 5.74) is 1.54. The van der Waals surface area contributed by atoms with Gasteiger partial charge in [0.1, 0.15) is 0 Å². The Morgan fingerprint density at radius 3 is 2.69 bits per heavy atom. The number of ether oxygens (including phenoxy) is 1. The second-order valence-corrected chi connectivity index (χ2v) is 4.24. The van der Waals surface area contributed by atoms with Crippen LogP contribution in [-0.4, -0.2) is 37.1 Å². The van der Waals surface area contributed by atoms with Crippen LogP contribution >= 0.6 is 11.6 Å². The molecule has 1 heterocycles. The van der Waals surface area contributed by atoms with Crippen LogP contribution in [0.1, 0.15) is 15.9 Å². The molecule has 0 radical (unpaired) electrons. The van der Waals surface area contributed by atoms with Crippen LogP contribution in [0.2, 0.25) is 5.02 Å². The van der Waals surface area contributed by atoms with Crippen LogP contribution < -0.4 is 0 Å². The van der Waals surface area contributed by atoms with E-state index in [0.29, 0.717) is 36.9 Å². The zero-order valence-electron chi connectivity index (χ0n) is 9.20. The Morgan fingerprint density at radius 1 is 1.38 bits per heavy atom. The molecule has 1 saturated heterocycles. The Bertz CT molecular complexity index is 380. The molecule has 1 amide bonds. The molecule has 1 aromatic carbocycles. The van der Waals surface area contributed by atoms with E-state index in [9.17, 15) is 4.79 Å². The number of benzene rings is 1. The van der Waals surface area contributed by atoms with Gasteiger partial charge in [0, 0.05) is 13.1 Å². The van der Waals surface area contributed by atoms with Crippen LogP contribution in [0.15, 0.2) is 18.2 Å². The minimum Gasteiger partial charge on any atom is -0.378 e. The number of aryl methyl sites for hydroxylation is 1. The minimum atomic E-state index is 0.00593. The van der Waals surface area contributed by atoms with Gasteiger partial charge in [-0.15, -0.1) is 0 Å². The summed E-state index contributed by atoms with van der Waals surface area (Å²) in [6, 6.07) is 5.51. The molecular weight excluding hydrogens is 226 g/mol. The van der Waals surface area contributed by atoms with Crippen molar-refractivity contribution in [3.05, 3.63) is 34.3 Å². The number of hydrogen-bond donors (Lipinski definition) is 0. The van der Waals surface area contributed by atoms with Gasteiger partial charge in [-0.3, -0.25) is 4.79 Å². The lowest BCUT2D eigenvalue weighted by Gasteiger charge is -2.27. The number of morpholine rings is 1. The predicted molar refractivity (Wildman–Crippen MR) is 62.9 cm³/mol. The number of rotatable bonds is 1. The van der Waals surface area contributed by atoms with Crippen LogP contribution in [0.3, 0.4) is 0 Å². The van der Waals surface area contributed by atoms with Crippen molar-refractivity contribution in [3.63, 3.8) is 0 Å². The highest BCUT2D eigenvalue weighted by atomic mass is 35.5. The lowest BCUT2D eigenvalue weighted by Crippen LogP contribution is -2.41. The molecule has 1 fully saturated rings. The first-order chi connectivity index (χ1) is 7.70. The molecule has 0 N–H and O–H groups in total. The first-order valence-electron chi connectivity index (χ1n) is 5.32. The van der Waals surface area contributed by atoms with Crippen LogP contribution in [0, 0.1) is 6.92 Å². The zero-order valence-corrected chi connectivity index (χ0v) is 9.96. The van der Waals surface area contributed by atoms with E-state index in [1.807, 2.05) is 19.1 Å². The molecule has 0 bridgehead atoms. The fourth-order valence-corrected chi connectivity index (χ4v) is 2.13. The van der Waals surface area contributed by atoms with Crippen LogP contribution in [0.4, 0.5) is 0 Å². The summed E-state index contributed by atoms with van der Waals surface area (Å²) in [5, 5.41) is 0.525. The first kappa shape index (κ1) is 11.4. The highest BCUT2D eigenvalue weighted by molar-refractivity contribution is 6.34. The van der Waals surface area contributed by atoms with Crippen molar-refractivity contribution in [1.29, 1.82) is 0 Å². The highest BCUT2D eigenvalue weighted by Crippen LogP contribution is 2.21. The molecule has 2 rings (SSSR count). The molecule has 0 aromatic heterocycles. The molecule has 1 aliphatic rings. The number of amides is 1. The first-order valence-corrected chi connectivity index (χ1v) is 5.70. The maximum Gasteiger partial charge on any atom is 0.255 e. The summed E-state index contributed by atoms with van der Waals surface area (Å²) in [6.07, 6.45) is 0. The summed E-state index contributed by atoms with van der Waals surface area (Å²) in [5.74, 6) is 0.00593. The molecule has 3 nitrogen and oxygen atoms in total. The Morgan fingerprint density at radius 2 is 2.06 bits per heavy atom. The van der Waals surface area contributed by atoms with Gasteiger partial charge in [-0.2, -0.15) is 0 Å². The molecule has 0 unspecified atom stereocenters. The third-order valence-corrected chi connectivity index (χ3v) is 3.05. The number of carbonyl (C=O) groups excluding carboxylic acids is 1. The van der Waals surface area contributed by atoms with Crippen molar-refractivity contribution in [1.82, 2.24) is 4.90 Å². The van der Waals surface area contributed by atoms with E-state index < -0.39 is 0 Å². The quantitative estimate of drug-likeness (QED) is 0.751. The van der Waals surface area contributed by atoms with Gasteiger partial charge in [0.05, 0.1) is 23.8 Å². The Hall–Kier alpha value is -1.06. The fraction of sp³-hybridized carbons (Fsp3) is 0.417. The summed E-state index contributed by atoms with van der Waals surface area (Å²) in [7, 11) is 0. The van der Waals surface area contributed by atoms with Gasteiger partial charge in [-0.1, -0.05) is 23.7 Å². The highest BCUT2D eigenvalue weighted by Gasteiger charge is 2.21. The van der Waals surface area contributed by atoms with E-state index in [-0.39, 0.29) is 5.91 Å². The van der Waals surface area contributed by atoms with Crippen LogP contribution in [0.25, 0.3) is 0 Å². The predicted octanol–water partition coefficient (Wildman–Crippen LogP) is 2.12. The monoisotopic (exact) mass is 239 g/mol. The Labute approximate surface area is 100.0 Å². The Kier molecular flexibility index (Phi) is 3.46. The molecule has 0 spiro atoms. The van der Waals surface area contributed by atoms with Crippen LogP contribution in [0.5, 0.6) is 0 Å². The standard InChI is InChI=1S/C12H14ClNO2/c1-9-3-2-4-10(13)11(9)12(15)14-5-7-16-8-6-14/h2-4H,5-8H2,1H3. The number of nitrogens with zero attached hydrogens (tertiary/aromatic N) is 1. The molecule has 1 aromatic rings. The number of halogens is 1. The van der Waals surface area contributed by atoms with Crippen molar-refractivity contribution in [2.45, 2.75) is 6.92 Å². The van der Waals surface area contributed by atoms with Crippen molar-refractivity contribution in [2.75, 3.05) is 26.3 Å². The van der Waals surface area contributed by atoms with Crippen molar-refractivity contribution >= 4 is 17.5 Å². The van der Waals surface area contributed by atoms with Gasteiger partial charge < -0.3 is 9.64 Å². The van der Waals surface area contributed by atoms with E-state index >= 15 is 0 Å². The largest absolute Gasteiger partial charge is 0.378 e. The normalized spacial score (nSPS) is 16.2. The molecule has 0 saturated carbocycles. The van der Waals surface area contributed by atoms with E-state index in [1.165, 1.54) is 0 Å². The maximum absolute atomic E-state index is 12.2. The smallest absolute Gasteiger partial charge is 0.255 e. The van der Waals surface area contributed by atoms with Gasteiger partial charge in [0.25, 0.3) is 5.91 Å². The third-order valence-electron chi connectivity index (χ3n) is 2.73. The van der Waals surface area contributed by atoms with Gasteiger partial charge >= 0.3 is 0 Å². The molecular formula is C12H14ClNO2. The number of carbonyl (C=O) groups is 1. The van der Waals surface area contributed by atoms with Gasteiger partial charge in [0.2, 0.25) is 0 Å². The summed E-state index contributed by atoms with van der Waals surface area (Å²) in [6.45, 7) is 4.40. The van der Waals surface area contributed by atoms with Crippen LogP contribution in [-0.2, 0) is 4.74 Å². The minimum absolute atomic E-state index is 0.00593. The van der Waals surface area contributed by atoms with Crippen molar-refractivity contribution in [2.24, 2.45) is 0 Å². The number of hydrogen-bond acceptors (Lipinski definition) is 2. The molecule has 86 valence electrons. The van der Waals surface area contributed by atoms with E-state index in [2.05, 4.69) is 0 Å². The lowest BCUT2D eigenvalue weighted by molar-refractivity contribution is 0.0302. The van der Waals surface area contributed by atoms with Gasteiger partial charge in [-0.05, 0) is 18.6 Å². The van der Waals surface area contributed by atoms with Gasteiger partial charge in [-0.25, -0.2) is 0 Å². The molecule has 4 heteroatoms. The SMILES string of the molecule is Cc1cccc(Cl)c1C(=O)N1CCOCC1. The second-order valence-electron chi connectivity index (χ2n) is 3.84. The fourth-order valence-electron chi connectivity index (χ4n) is 1.83. The second kappa shape index (κ2) is 4.85. The van der Waals surface area contributed by atoms with E-state index in [4.69, 9.17) is 16.3 Å². The molecule has 0 atom stereocenters. The summed E-state index contributed by atoms with van der Waals surface area (Å²) >= 11 is 6.06. The van der Waals surface area contributed by atoms with E-state index in [1.54, 1.807) is 11.0 Å². The summed E-state index contributed by atoms with van der Waals surface area (Å²) < 4.78 is 5.22. The Balaban J connectivity index is 2.26. The summed E-state index contributed by atoms with van der Waals surface area (Å²) in [4.78, 5) is 14.0. The van der Waals surface area contributed by atoms with E-state index in [0.717, 1.165) is 5.56 Å². The zero-order chi connectivity index (χ0) is 11.5. The van der Waals surface area contributed by atoms with Crippen molar-refractivity contribution in [3.8, 4) is 0 Å². The average Bonchev–Trinajstić information content (AvgIpc) is 2.30. The average molecular weight is 240 g/mol. The molecule has 0 aliphatic carbocycles. The maximum atomic E-state index is 12.2. The lowest BCUT2D eigenvalue weighted by atomic mass is 10.1. The topological polar surface area (TPSA) is 29.5 Å².